The van der Waals surface area contributed by atoms with Gasteiger partial charge in [-0.15, -0.1) is 11.3 Å². The Morgan fingerprint density at radius 1 is 1.35 bits per heavy atom. The molecule has 5 atom stereocenters. The van der Waals surface area contributed by atoms with Crippen molar-refractivity contribution < 1.29 is 19.1 Å². The van der Waals surface area contributed by atoms with Crippen LogP contribution in [0.5, 0.6) is 0 Å². The molecule has 0 aliphatic carbocycles. The summed E-state index contributed by atoms with van der Waals surface area (Å²) in [5.74, 6) is -1.75. The number of rotatable bonds is 3. The van der Waals surface area contributed by atoms with Crippen molar-refractivity contribution in [1.29, 1.82) is 0 Å². The number of ether oxygens (including phenoxy) is 1. The second-order valence-electron chi connectivity index (χ2n) is 6.35. The van der Waals surface area contributed by atoms with E-state index in [-0.39, 0.29) is 24.0 Å². The summed E-state index contributed by atoms with van der Waals surface area (Å²) in [6.07, 6.45) is 1.31. The number of nitrogens with one attached hydrogen (secondary N) is 1. The smallest absolute Gasteiger partial charge is 0.249 e. The van der Waals surface area contributed by atoms with Gasteiger partial charge in [0.1, 0.15) is 6.04 Å². The third-order valence-electron chi connectivity index (χ3n) is 4.93. The highest BCUT2D eigenvalue weighted by Gasteiger charge is 2.63. The van der Waals surface area contributed by atoms with Crippen molar-refractivity contribution in [2.75, 3.05) is 5.32 Å². The number of nitrogens with zero attached hydrogens (tertiary/aromatic N) is 2. The number of aromatic nitrogens is 1. The van der Waals surface area contributed by atoms with Gasteiger partial charge in [0, 0.05) is 5.38 Å². The predicted molar refractivity (Wildman–Crippen MR) is 81.7 cm³/mol. The molecular formula is C15H17N3O4S. The molecule has 4 heterocycles. The van der Waals surface area contributed by atoms with Gasteiger partial charge in [0.05, 0.1) is 29.7 Å². The summed E-state index contributed by atoms with van der Waals surface area (Å²) < 4.78 is 5.69. The highest BCUT2D eigenvalue weighted by molar-refractivity contribution is 7.13. The Bertz CT molecular complexity index is 675. The van der Waals surface area contributed by atoms with Gasteiger partial charge in [-0.2, -0.15) is 0 Å². The molecule has 3 aliphatic rings. The van der Waals surface area contributed by atoms with Crippen LogP contribution in [0.1, 0.15) is 25.5 Å². The third-order valence-corrected chi connectivity index (χ3v) is 5.81. The van der Waals surface area contributed by atoms with Gasteiger partial charge in [0.15, 0.2) is 5.13 Å². The number of fused-ring (bicyclic) bond motifs is 5. The maximum Gasteiger partial charge on any atom is 0.249 e. The molecule has 2 bridgehead atoms. The van der Waals surface area contributed by atoms with E-state index in [1.807, 2.05) is 12.3 Å². The van der Waals surface area contributed by atoms with E-state index in [0.29, 0.717) is 5.13 Å². The van der Waals surface area contributed by atoms with Crippen molar-refractivity contribution in [3.63, 3.8) is 0 Å². The Balaban J connectivity index is 1.52. The number of imide groups is 1. The zero-order chi connectivity index (χ0) is 16.3. The summed E-state index contributed by atoms with van der Waals surface area (Å²) in [6.45, 7) is 3.41. The Labute approximate surface area is 137 Å². The molecule has 3 amide bonds. The number of thiazole rings is 1. The molecule has 8 heteroatoms. The highest BCUT2D eigenvalue weighted by Crippen LogP contribution is 2.48. The largest absolute Gasteiger partial charge is 0.373 e. The van der Waals surface area contributed by atoms with E-state index in [9.17, 15) is 14.4 Å². The molecule has 5 unspecified atom stereocenters. The van der Waals surface area contributed by atoms with Crippen molar-refractivity contribution in [2.45, 2.75) is 44.9 Å². The molecule has 0 spiro atoms. The number of likely N-dealkylation sites (tertiary alicyclic amines) is 1. The molecule has 3 saturated heterocycles. The molecule has 3 fully saturated rings. The first kappa shape index (κ1) is 14.8. The van der Waals surface area contributed by atoms with Gasteiger partial charge in [0.25, 0.3) is 0 Å². The number of hydrogen-bond acceptors (Lipinski definition) is 6. The first-order valence-corrected chi connectivity index (χ1v) is 8.60. The van der Waals surface area contributed by atoms with Crippen molar-refractivity contribution in [3.05, 3.63) is 11.1 Å². The van der Waals surface area contributed by atoms with Gasteiger partial charge < -0.3 is 10.1 Å². The average Bonchev–Trinajstić information content (AvgIpc) is 3.25. The lowest BCUT2D eigenvalue weighted by Gasteiger charge is -2.23. The van der Waals surface area contributed by atoms with Crippen LogP contribution in [-0.4, -0.2) is 45.9 Å². The van der Waals surface area contributed by atoms with Gasteiger partial charge in [-0.3, -0.25) is 19.3 Å². The lowest BCUT2D eigenvalue weighted by molar-refractivity contribution is -0.148. The predicted octanol–water partition coefficient (Wildman–Crippen LogP) is 0.941. The fourth-order valence-electron chi connectivity index (χ4n) is 3.86. The molecule has 0 radical (unpaired) electrons. The van der Waals surface area contributed by atoms with Gasteiger partial charge in [0.2, 0.25) is 17.7 Å². The molecule has 1 aromatic heterocycles. The van der Waals surface area contributed by atoms with Crippen LogP contribution in [0.2, 0.25) is 0 Å². The Morgan fingerprint density at radius 3 is 2.48 bits per heavy atom. The van der Waals surface area contributed by atoms with Crippen LogP contribution in [0, 0.1) is 18.8 Å². The zero-order valence-electron chi connectivity index (χ0n) is 12.8. The van der Waals surface area contributed by atoms with Crippen LogP contribution in [0.15, 0.2) is 5.38 Å². The van der Waals surface area contributed by atoms with Crippen molar-refractivity contribution in [3.8, 4) is 0 Å². The third kappa shape index (κ3) is 2.12. The molecule has 1 N–H and O–H groups in total. The first-order chi connectivity index (χ1) is 11.0. The molecule has 3 aliphatic heterocycles. The van der Waals surface area contributed by atoms with Crippen LogP contribution in [0.3, 0.4) is 0 Å². The summed E-state index contributed by atoms with van der Waals surface area (Å²) in [5.41, 5.74) is 0.814. The van der Waals surface area contributed by atoms with Gasteiger partial charge in [-0.25, -0.2) is 4.98 Å². The number of hydrogen-bond donors (Lipinski definition) is 1. The summed E-state index contributed by atoms with van der Waals surface area (Å²) in [6, 6.07) is -0.843. The maximum atomic E-state index is 12.6. The van der Waals surface area contributed by atoms with E-state index in [1.54, 1.807) is 6.92 Å². The van der Waals surface area contributed by atoms with Gasteiger partial charge in [-0.05, 0) is 26.7 Å². The normalized spacial score (nSPS) is 33.2. The summed E-state index contributed by atoms with van der Waals surface area (Å²) in [4.78, 5) is 42.9. The van der Waals surface area contributed by atoms with Crippen LogP contribution >= 0.6 is 11.3 Å². The fourth-order valence-corrected chi connectivity index (χ4v) is 4.55. The Kier molecular flexibility index (Phi) is 3.28. The molecule has 122 valence electrons. The lowest BCUT2D eigenvalue weighted by atomic mass is 9.81. The number of aryl methyl sites for hydroxylation is 1. The number of carbonyl (C=O) groups is 3. The first-order valence-electron chi connectivity index (χ1n) is 7.72. The summed E-state index contributed by atoms with van der Waals surface area (Å²) >= 11 is 1.32. The quantitative estimate of drug-likeness (QED) is 0.831. The van der Waals surface area contributed by atoms with Crippen molar-refractivity contribution in [2.24, 2.45) is 11.8 Å². The van der Waals surface area contributed by atoms with E-state index >= 15 is 0 Å². The Hall–Kier alpha value is -1.80. The van der Waals surface area contributed by atoms with Crippen LogP contribution < -0.4 is 5.32 Å². The lowest BCUT2D eigenvalue weighted by Crippen LogP contribution is -2.47. The molecule has 0 saturated carbocycles. The second-order valence-corrected chi connectivity index (χ2v) is 7.21. The highest BCUT2D eigenvalue weighted by atomic mass is 32.1. The SMILES string of the molecule is Cc1csc(NC(=O)C(C)N2C(=O)C3C4CCC(O4)C3C2=O)n1. The van der Waals surface area contributed by atoms with Gasteiger partial charge in [-0.1, -0.05) is 0 Å². The summed E-state index contributed by atoms with van der Waals surface area (Å²) in [5, 5.41) is 4.97. The maximum absolute atomic E-state index is 12.6. The van der Waals surface area contributed by atoms with E-state index < -0.39 is 23.8 Å². The molecule has 23 heavy (non-hydrogen) atoms. The van der Waals surface area contributed by atoms with Crippen LogP contribution in [0.4, 0.5) is 5.13 Å². The number of anilines is 1. The van der Waals surface area contributed by atoms with Crippen LogP contribution in [0.25, 0.3) is 0 Å². The van der Waals surface area contributed by atoms with Crippen molar-refractivity contribution >= 4 is 34.2 Å². The minimum atomic E-state index is -0.843. The van der Waals surface area contributed by atoms with Crippen molar-refractivity contribution in [1.82, 2.24) is 9.88 Å². The van der Waals surface area contributed by atoms with E-state index in [1.165, 1.54) is 11.3 Å². The minimum Gasteiger partial charge on any atom is -0.373 e. The van der Waals surface area contributed by atoms with E-state index in [0.717, 1.165) is 23.4 Å². The molecule has 4 rings (SSSR count). The number of amides is 3. The second kappa shape index (κ2) is 5.10. The van der Waals surface area contributed by atoms with E-state index in [4.69, 9.17) is 4.74 Å². The standard InChI is InChI=1S/C15H17N3O4S/c1-6-5-23-15(16-6)17-12(19)7(2)18-13(20)10-8-3-4-9(22-8)11(10)14(18)21/h5,7-11H,3-4H2,1-2H3,(H,16,17,19). The topological polar surface area (TPSA) is 88.6 Å². The van der Waals surface area contributed by atoms with E-state index in [2.05, 4.69) is 10.3 Å². The van der Waals surface area contributed by atoms with Crippen LogP contribution in [-0.2, 0) is 19.1 Å². The zero-order valence-corrected chi connectivity index (χ0v) is 13.6. The number of carbonyl (C=O) groups excluding carboxylic acids is 3. The summed E-state index contributed by atoms with van der Waals surface area (Å²) in [7, 11) is 0. The average molecular weight is 335 g/mol. The minimum absolute atomic E-state index is 0.164. The molecular weight excluding hydrogens is 318 g/mol. The Morgan fingerprint density at radius 2 is 1.96 bits per heavy atom. The molecule has 0 aromatic carbocycles. The van der Waals surface area contributed by atoms with Gasteiger partial charge >= 0.3 is 0 Å². The molecule has 7 nitrogen and oxygen atoms in total. The fraction of sp³-hybridized carbons (Fsp3) is 0.600. The molecule has 1 aromatic rings. The monoisotopic (exact) mass is 335 g/mol.